The third kappa shape index (κ3) is 5.99. The summed E-state index contributed by atoms with van der Waals surface area (Å²) in [5.41, 5.74) is 2.68. The van der Waals surface area contributed by atoms with Gasteiger partial charge in [-0.1, -0.05) is 18.0 Å². The van der Waals surface area contributed by atoms with Gasteiger partial charge in [-0.2, -0.15) is 0 Å². The number of ether oxygens (including phenoxy) is 3. The molecule has 0 aliphatic heterocycles. The zero-order valence-electron chi connectivity index (χ0n) is 21.7. The van der Waals surface area contributed by atoms with E-state index in [4.69, 9.17) is 23.7 Å². The number of hydrogen-bond acceptors (Lipinski definition) is 8. The highest BCUT2D eigenvalue weighted by Gasteiger charge is 2.32. The number of amides is 1. The van der Waals surface area contributed by atoms with Crippen molar-refractivity contribution in [3.63, 3.8) is 0 Å². The molecule has 196 valence electrons. The Labute approximate surface area is 212 Å². The minimum Gasteiger partial charge on any atom is -0.488 e. The van der Waals surface area contributed by atoms with Gasteiger partial charge >= 0.3 is 12.1 Å². The number of carbonyl (C=O) groups is 2. The van der Waals surface area contributed by atoms with E-state index in [1.807, 2.05) is 32.9 Å². The first-order valence-electron chi connectivity index (χ1n) is 13.0. The van der Waals surface area contributed by atoms with E-state index >= 15 is 0 Å². The Morgan fingerprint density at radius 2 is 1.83 bits per heavy atom. The molecule has 1 amide bonds. The van der Waals surface area contributed by atoms with Gasteiger partial charge in [0.25, 0.3) is 0 Å². The van der Waals surface area contributed by atoms with Crippen LogP contribution in [0.25, 0.3) is 11.5 Å². The van der Waals surface area contributed by atoms with Gasteiger partial charge in [0.15, 0.2) is 5.76 Å². The van der Waals surface area contributed by atoms with Crippen LogP contribution in [-0.2, 0) is 20.9 Å². The number of nitrogens with zero attached hydrogens (tertiary/aromatic N) is 3. The smallest absolute Gasteiger partial charge is 0.410 e. The summed E-state index contributed by atoms with van der Waals surface area (Å²) in [5, 5.41) is 4.09. The topological polar surface area (TPSA) is 104 Å². The minimum absolute atomic E-state index is 0.0416. The standard InChI is InChI=1S/C27H37N3O6/c1-5-33-25(31)15-19-9-8-12-24(19)35-23-14-13-22(28-18(23)3)26-21(17(2)29-36-26)16-34-27(32)30(4)20-10-6-7-11-20/h13-14,19-20,24H,5-12,15-16H2,1-4H3/t19-,24-/m0/s1. The Hall–Kier alpha value is -3.10. The van der Waals surface area contributed by atoms with Crippen molar-refractivity contribution in [3.8, 4) is 17.2 Å². The fourth-order valence-electron chi connectivity index (χ4n) is 5.22. The molecule has 4 rings (SSSR count). The predicted molar refractivity (Wildman–Crippen MR) is 132 cm³/mol. The molecular formula is C27H37N3O6. The largest absolute Gasteiger partial charge is 0.488 e. The van der Waals surface area contributed by atoms with Crippen LogP contribution in [0.3, 0.4) is 0 Å². The van der Waals surface area contributed by atoms with Crippen molar-refractivity contribution < 1.29 is 28.3 Å². The zero-order valence-corrected chi connectivity index (χ0v) is 21.7. The fourth-order valence-corrected chi connectivity index (χ4v) is 5.22. The first-order chi connectivity index (χ1) is 17.4. The quantitative estimate of drug-likeness (QED) is 0.425. The molecule has 0 unspecified atom stereocenters. The van der Waals surface area contributed by atoms with E-state index < -0.39 is 0 Å². The molecule has 2 fully saturated rings. The fraction of sp³-hybridized carbons (Fsp3) is 0.630. The number of pyridine rings is 1. The van der Waals surface area contributed by atoms with Crippen LogP contribution in [-0.4, -0.2) is 52.9 Å². The second-order valence-electron chi connectivity index (χ2n) is 9.82. The maximum Gasteiger partial charge on any atom is 0.410 e. The summed E-state index contributed by atoms with van der Waals surface area (Å²) in [6.07, 6.45) is 7.20. The van der Waals surface area contributed by atoms with Crippen LogP contribution in [0.4, 0.5) is 4.79 Å². The van der Waals surface area contributed by atoms with E-state index in [0.717, 1.165) is 44.9 Å². The number of aromatic nitrogens is 2. The van der Waals surface area contributed by atoms with E-state index in [1.165, 1.54) is 0 Å². The summed E-state index contributed by atoms with van der Waals surface area (Å²) in [7, 11) is 1.80. The van der Waals surface area contributed by atoms with Crippen molar-refractivity contribution in [2.45, 2.75) is 90.9 Å². The second-order valence-corrected chi connectivity index (χ2v) is 9.82. The van der Waals surface area contributed by atoms with Gasteiger partial charge in [-0.25, -0.2) is 9.78 Å². The van der Waals surface area contributed by atoms with E-state index in [-0.39, 0.29) is 36.7 Å². The summed E-state index contributed by atoms with van der Waals surface area (Å²) < 4.78 is 22.6. The van der Waals surface area contributed by atoms with Crippen LogP contribution in [0.5, 0.6) is 5.75 Å². The Bertz CT molecular complexity index is 1060. The Morgan fingerprint density at radius 1 is 1.06 bits per heavy atom. The molecular weight excluding hydrogens is 462 g/mol. The SMILES string of the molecule is CCOC(=O)C[C@@H]1CCC[C@@H]1Oc1ccc(-c2onc(C)c2COC(=O)N(C)C2CCCC2)nc1C. The van der Waals surface area contributed by atoms with Crippen LogP contribution >= 0.6 is 0 Å². The summed E-state index contributed by atoms with van der Waals surface area (Å²) >= 11 is 0. The zero-order chi connectivity index (χ0) is 25.7. The lowest BCUT2D eigenvalue weighted by molar-refractivity contribution is -0.144. The molecule has 2 aliphatic rings. The molecule has 0 saturated heterocycles. The van der Waals surface area contributed by atoms with Gasteiger partial charge in [-0.15, -0.1) is 0 Å². The maximum absolute atomic E-state index is 12.6. The van der Waals surface area contributed by atoms with E-state index in [1.54, 1.807) is 11.9 Å². The molecule has 0 bridgehead atoms. The number of aryl methyl sites for hydroxylation is 2. The van der Waals surface area contributed by atoms with Gasteiger partial charge in [0.2, 0.25) is 0 Å². The maximum atomic E-state index is 12.6. The van der Waals surface area contributed by atoms with E-state index in [9.17, 15) is 9.59 Å². The van der Waals surface area contributed by atoms with Crippen LogP contribution in [0, 0.1) is 19.8 Å². The molecule has 0 N–H and O–H groups in total. The third-order valence-corrected chi connectivity index (χ3v) is 7.36. The highest BCUT2D eigenvalue weighted by Crippen LogP contribution is 2.34. The van der Waals surface area contributed by atoms with Gasteiger partial charge in [0.1, 0.15) is 24.2 Å². The molecule has 2 aromatic heterocycles. The predicted octanol–water partition coefficient (Wildman–Crippen LogP) is 5.37. The summed E-state index contributed by atoms with van der Waals surface area (Å²) in [6, 6.07) is 3.95. The van der Waals surface area contributed by atoms with Crippen molar-refractivity contribution in [2.24, 2.45) is 5.92 Å². The summed E-state index contributed by atoms with van der Waals surface area (Å²) in [4.78, 5) is 30.9. The number of carbonyl (C=O) groups excluding carboxylic acids is 2. The lowest BCUT2D eigenvalue weighted by Crippen LogP contribution is -2.35. The molecule has 2 atom stereocenters. The first-order valence-corrected chi connectivity index (χ1v) is 13.0. The average Bonchev–Trinajstić information content (AvgIpc) is 3.61. The molecule has 2 saturated carbocycles. The van der Waals surface area contributed by atoms with E-state index in [0.29, 0.717) is 47.2 Å². The van der Waals surface area contributed by atoms with Crippen molar-refractivity contribution in [1.82, 2.24) is 15.0 Å². The van der Waals surface area contributed by atoms with Gasteiger partial charge in [0, 0.05) is 19.0 Å². The van der Waals surface area contributed by atoms with Crippen LogP contribution < -0.4 is 4.74 Å². The van der Waals surface area contributed by atoms with Crippen molar-refractivity contribution >= 4 is 12.1 Å². The molecule has 2 heterocycles. The lowest BCUT2D eigenvalue weighted by atomic mass is 10.0. The van der Waals surface area contributed by atoms with Gasteiger partial charge in [0.05, 0.1) is 30.0 Å². The molecule has 2 aliphatic carbocycles. The summed E-state index contributed by atoms with van der Waals surface area (Å²) in [6.45, 7) is 5.98. The molecule has 0 spiro atoms. The number of hydrogen-bond donors (Lipinski definition) is 0. The van der Waals surface area contributed by atoms with Crippen LogP contribution in [0.1, 0.15) is 75.2 Å². The van der Waals surface area contributed by atoms with Crippen LogP contribution in [0.2, 0.25) is 0 Å². The average molecular weight is 500 g/mol. The highest BCUT2D eigenvalue weighted by atomic mass is 16.6. The minimum atomic E-state index is -0.338. The number of esters is 1. The molecule has 36 heavy (non-hydrogen) atoms. The second kappa shape index (κ2) is 11.8. The van der Waals surface area contributed by atoms with Gasteiger partial charge in [-0.3, -0.25) is 4.79 Å². The highest BCUT2D eigenvalue weighted by molar-refractivity contribution is 5.70. The Balaban J connectivity index is 1.41. The Morgan fingerprint density at radius 3 is 2.56 bits per heavy atom. The Kier molecular flexibility index (Phi) is 8.48. The molecule has 0 aromatic carbocycles. The van der Waals surface area contributed by atoms with E-state index in [2.05, 4.69) is 5.16 Å². The van der Waals surface area contributed by atoms with Gasteiger partial charge < -0.3 is 23.6 Å². The lowest BCUT2D eigenvalue weighted by Gasteiger charge is -2.23. The van der Waals surface area contributed by atoms with Crippen molar-refractivity contribution in [1.29, 1.82) is 0 Å². The van der Waals surface area contributed by atoms with Crippen molar-refractivity contribution in [2.75, 3.05) is 13.7 Å². The summed E-state index contributed by atoms with van der Waals surface area (Å²) in [5.74, 6) is 1.14. The normalized spacial score (nSPS) is 19.9. The first kappa shape index (κ1) is 26.0. The van der Waals surface area contributed by atoms with Gasteiger partial charge in [-0.05, 0) is 65.0 Å². The molecule has 2 aromatic rings. The number of rotatable bonds is 9. The van der Waals surface area contributed by atoms with Crippen LogP contribution in [0.15, 0.2) is 16.7 Å². The molecule has 9 nitrogen and oxygen atoms in total. The molecule has 9 heteroatoms. The monoisotopic (exact) mass is 499 g/mol. The molecule has 0 radical (unpaired) electrons. The third-order valence-electron chi connectivity index (χ3n) is 7.36. The van der Waals surface area contributed by atoms with Crippen molar-refractivity contribution in [3.05, 3.63) is 29.1 Å².